The molecular formula is C36H37N11O6S. The normalized spacial score (nSPS) is 18.9. The average Bonchev–Trinajstić information content (AvgIpc) is 3.93. The fourth-order valence-electron chi connectivity index (χ4n) is 7.43. The number of H-pyrrole nitrogens is 1. The van der Waals surface area contributed by atoms with Crippen molar-refractivity contribution in [2.75, 3.05) is 18.4 Å². The van der Waals surface area contributed by atoms with E-state index >= 15 is 0 Å². The number of ether oxygens (including phenoxy) is 1. The van der Waals surface area contributed by atoms with Crippen LogP contribution >= 0.6 is 0 Å². The van der Waals surface area contributed by atoms with Gasteiger partial charge in [-0.25, -0.2) is 18.1 Å². The smallest absolute Gasteiger partial charge is 0.255 e. The van der Waals surface area contributed by atoms with Crippen molar-refractivity contribution in [3.05, 3.63) is 76.9 Å². The van der Waals surface area contributed by atoms with E-state index in [4.69, 9.17) is 9.72 Å². The maximum absolute atomic E-state index is 13.3. The van der Waals surface area contributed by atoms with E-state index in [2.05, 4.69) is 40.5 Å². The summed E-state index contributed by atoms with van der Waals surface area (Å²) in [6.07, 6.45) is 8.64. The lowest BCUT2D eigenvalue weighted by molar-refractivity contribution is -0.136. The molecule has 2 fully saturated rings. The van der Waals surface area contributed by atoms with E-state index in [-0.39, 0.29) is 35.8 Å². The van der Waals surface area contributed by atoms with E-state index in [1.807, 2.05) is 19.1 Å². The van der Waals surface area contributed by atoms with Gasteiger partial charge >= 0.3 is 0 Å². The Labute approximate surface area is 309 Å². The number of amides is 3. The number of aryl methyl sites for hydroxylation is 1. The van der Waals surface area contributed by atoms with Crippen molar-refractivity contribution in [1.82, 2.24) is 49.6 Å². The molecule has 6 heterocycles. The van der Waals surface area contributed by atoms with Gasteiger partial charge in [0.25, 0.3) is 5.91 Å². The minimum absolute atomic E-state index is 0.0863. The molecule has 1 aliphatic carbocycles. The zero-order valence-corrected chi connectivity index (χ0v) is 30.1. The van der Waals surface area contributed by atoms with Gasteiger partial charge in [0.1, 0.15) is 18.1 Å². The number of nitrogens with one attached hydrogen (secondary N) is 4. The number of benzene rings is 2. The lowest BCUT2D eigenvalue weighted by atomic mass is 9.96. The van der Waals surface area contributed by atoms with Crippen molar-refractivity contribution >= 4 is 45.0 Å². The van der Waals surface area contributed by atoms with E-state index in [0.29, 0.717) is 72.5 Å². The van der Waals surface area contributed by atoms with Crippen molar-refractivity contribution in [3.63, 3.8) is 0 Å². The first-order valence-corrected chi connectivity index (χ1v) is 19.4. The number of aromatic nitrogens is 6. The summed E-state index contributed by atoms with van der Waals surface area (Å²) in [6, 6.07) is 8.08. The number of rotatable bonds is 11. The SMILES string of the molecule is Cc1cc(S(=O)(=O)NCCN2Cc3cc4c(cc3C2)C(=O)N(C2CCC(=O)NC2=O)C4)ccc1Nc1nc2c(OC3CCC3)c(-c3cn[nH]c3)ncn2n1. The molecule has 9 rings (SSSR count). The molecule has 0 radical (unpaired) electrons. The molecule has 1 unspecified atom stereocenters. The van der Waals surface area contributed by atoms with E-state index in [9.17, 15) is 22.8 Å². The molecule has 4 aliphatic rings. The number of anilines is 2. The number of carbonyl (C=O) groups excluding carboxylic acids is 3. The number of sulfonamides is 1. The van der Waals surface area contributed by atoms with Crippen LogP contribution in [0, 0.1) is 6.92 Å². The van der Waals surface area contributed by atoms with Crippen LogP contribution in [0.15, 0.2) is 53.9 Å². The molecule has 2 aromatic carbocycles. The van der Waals surface area contributed by atoms with Gasteiger partial charge in [-0.2, -0.15) is 14.6 Å². The van der Waals surface area contributed by atoms with Gasteiger partial charge in [0, 0.05) is 62.2 Å². The number of hydrogen-bond acceptors (Lipinski definition) is 12. The molecule has 5 aromatic rings. The van der Waals surface area contributed by atoms with Crippen molar-refractivity contribution in [1.29, 1.82) is 0 Å². The topological polar surface area (TPSA) is 209 Å². The van der Waals surface area contributed by atoms with E-state index in [0.717, 1.165) is 41.5 Å². The lowest BCUT2D eigenvalue weighted by Gasteiger charge is -2.29. The molecule has 1 saturated heterocycles. The van der Waals surface area contributed by atoms with Crippen LogP contribution in [0.4, 0.5) is 11.6 Å². The van der Waals surface area contributed by atoms with Crippen LogP contribution in [0.5, 0.6) is 5.75 Å². The van der Waals surface area contributed by atoms with E-state index in [1.165, 1.54) is 0 Å². The highest BCUT2D eigenvalue weighted by molar-refractivity contribution is 7.89. The molecule has 0 bridgehead atoms. The first-order chi connectivity index (χ1) is 26.1. The highest BCUT2D eigenvalue weighted by atomic mass is 32.2. The molecule has 278 valence electrons. The third-order valence-corrected chi connectivity index (χ3v) is 12.0. The van der Waals surface area contributed by atoms with Gasteiger partial charge < -0.3 is 15.0 Å². The summed E-state index contributed by atoms with van der Waals surface area (Å²) >= 11 is 0. The van der Waals surface area contributed by atoms with Gasteiger partial charge in [-0.05, 0) is 79.1 Å². The molecule has 3 aromatic heterocycles. The maximum Gasteiger partial charge on any atom is 0.255 e. The lowest BCUT2D eigenvalue weighted by Crippen LogP contribution is -2.52. The molecule has 18 heteroatoms. The predicted octanol–water partition coefficient (Wildman–Crippen LogP) is 2.55. The number of imide groups is 1. The van der Waals surface area contributed by atoms with Crippen molar-refractivity contribution in [3.8, 4) is 17.0 Å². The third kappa shape index (κ3) is 6.24. The number of fused-ring (bicyclic) bond motifs is 3. The minimum atomic E-state index is -3.81. The molecule has 3 aliphatic heterocycles. The zero-order chi connectivity index (χ0) is 37.1. The number of aromatic amines is 1. The van der Waals surface area contributed by atoms with Crippen LogP contribution in [-0.4, -0.2) is 91.0 Å². The number of hydrogen-bond donors (Lipinski definition) is 4. The largest absolute Gasteiger partial charge is 0.484 e. The molecule has 4 N–H and O–H groups in total. The average molecular weight is 752 g/mol. The van der Waals surface area contributed by atoms with Crippen LogP contribution in [0.2, 0.25) is 0 Å². The monoisotopic (exact) mass is 751 g/mol. The summed E-state index contributed by atoms with van der Waals surface area (Å²) in [5.74, 6) is -0.115. The summed E-state index contributed by atoms with van der Waals surface area (Å²) in [5.41, 5.74) is 6.75. The van der Waals surface area contributed by atoms with Crippen molar-refractivity contribution in [2.45, 2.75) is 75.7 Å². The van der Waals surface area contributed by atoms with Gasteiger partial charge in [-0.1, -0.05) is 6.07 Å². The second kappa shape index (κ2) is 13.3. The number of carbonyl (C=O) groups is 3. The fraction of sp³-hybridized carbons (Fsp3) is 0.361. The Morgan fingerprint density at radius 3 is 2.59 bits per heavy atom. The molecule has 1 saturated carbocycles. The van der Waals surface area contributed by atoms with Crippen LogP contribution in [-0.2, 0) is 39.2 Å². The molecule has 54 heavy (non-hydrogen) atoms. The quantitative estimate of drug-likeness (QED) is 0.144. The van der Waals surface area contributed by atoms with Crippen molar-refractivity contribution < 1.29 is 27.5 Å². The Morgan fingerprint density at radius 1 is 1.02 bits per heavy atom. The molecule has 3 amide bonds. The second-order valence-electron chi connectivity index (χ2n) is 14.2. The Kier molecular flexibility index (Phi) is 8.39. The van der Waals surface area contributed by atoms with Gasteiger partial charge in [0.2, 0.25) is 33.4 Å². The highest BCUT2D eigenvalue weighted by Gasteiger charge is 2.40. The predicted molar refractivity (Wildman–Crippen MR) is 193 cm³/mol. The number of piperidine rings is 1. The van der Waals surface area contributed by atoms with Gasteiger partial charge in [0.15, 0.2) is 5.75 Å². The molecular weight excluding hydrogens is 715 g/mol. The Morgan fingerprint density at radius 2 is 1.85 bits per heavy atom. The Balaban J connectivity index is 0.826. The van der Waals surface area contributed by atoms with Gasteiger partial charge in [-0.3, -0.25) is 29.7 Å². The molecule has 0 spiro atoms. The van der Waals surface area contributed by atoms with E-state index < -0.39 is 22.0 Å². The van der Waals surface area contributed by atoms with Crippen LogP contribution in [0.25, 0.3) is 16.9 Å². The summed E-state index contributed by atoms with van der Waals surface area (Å²) in [4.78, 5) is 50.3. The third-order valence-electron chi connectivity index (χ3n) is 10.6. The summed E-state index contributed by atoms with van der Waals surface area (Å²) in [7, 11) is -3.81. The second-order valence-corrected chi connectivity index (χ2v) is 15.9. The van der Waals surface area contributed by atoms with Gasteiger partial charge in [0.05, 0.1) is 17.2 Å². The molecule has 17 nitrogen and oxygen atoms in total. The minimum Gasteiger partial charge on any atom is -0.484 e. The van der Waals surface area contributed by atoms with Crippen LogP contribution < -0.4 is 20.1 Å². The Hall–Kier alpha value is -5.72. The van der Waals surface area contributed by atoms with Crippen molar-refractivity contribution in [2.24, 2.45) is 0 Å². The standard InChI is InChI=1S/C36H37N11O6S/c1-20-11-26(5-6-28(20)41-36-43-33-32(53-25-3-2-4-25)31(24-14-38-39-15-24)37-19-47(33)44-36)54(51,52)40-9-10-45-16-21-12-23-18-46(29-7-8-30(48)42-34(29)49)35(50)27(23)13-22(21)17-45/h5-6,11-15,19,25,29,40H,2-4,7-10,16-18H2,1H3,(H,38,39)(H,41,44)(H,42,48,49). The number of nitrogens with zero attached hydrogens (tertiary/aromatic N) is 7. The summed E-state index contributed by atoms with van der Waals surface area (Å²) in [5, 5.41) is 17.0. The van der Waals surface area contributed by atoms with E-state index in [1.54, 1.807) is 46.3 Å². The summed E-state index contributed by atoms with van der Waals surface area (Å²) < 4.78 is 37.3. The van der Waals surface area contributed by atoms with Gasteiger partial charge in [-0.15, -0.1) is 5.10 Å². The van der Waals surface area contributed by atoms with Crippen LogP contribution in [0.1, 0.15) is 64.7 Å². The Bertz CT molecular complexity index is 2440. The highest BCUT2D eigenvalue weighted by Crippen LogP contribution is 2.36. The fourth-order valence-corrected chi connectivity index (χ4v) is 8.53. The van der Waals surface area contributed by atoms with Crippen LogP contribution in [0.3, 0.4) is 0 Å². The first-order valence-electron chi connectivity index (χ1n) is 17.9. The molecule has 1 atom stereocenters. The first kappa shape index (κ1) is 34.1. The maximum atomic E-state index is 13.3. The summed E-state index contributed by atoms with van der Waals surface area (Å²) in [6.45, 7) is 3.98. The zero-order valence-electron chi connectivity index (χ0n) is 29.3.